The molecule has 5 heteroatoms. The quantitative estimate of drug-likeness (QED) is 0.428. The number of hydrogen-bond donors (Lipinski definition) is 0. The Hall–Kier alpha value is -1.78. The van der Waals surface area contributed by atoms with Gasteiger partial charge in [-0.3, -0.25) is 0 Å². The molecule has 0 aromatic heterocycles. The van der Waals surface area contributed by atoms with E-state index in [2.05, 4.69) is 4.99 Å². The number of halogens is 3. The van der Waals surface area contributed by atoms with Gasteiger partial charge in [-0.15, -0.1) is 0 Å². The summed E-state index contributed by atoms with van der Waals surface area (Å²) >= 11 is 0. The highest BCUT2D eigenvalue weighted by molar-refractivity contribution is 5.82. The molecule has 0 saturated heterocycles. The van der Waals surface area contributed by atoms with Gasteiger partial charge in [0.05, 0.1) is 0 Å². The van der Waals surface area contributed by atoms with Crippen LogP contribution in [0.2, 0.25) is 0 Å². The lowest BCUT2D eigenvalue weighted by Gasteiger charge is -2.15. The number of ether oxygens (including phenoxy) is 1. The first-order chi connectivity index (χ1) is 9.93. The predicted molar refractivity (Wildman–Crippen MR) is 78.5 cm³/mol. The topological polar surface area (TPSA) is 21.6 Å². The smallest absolute Gasteiger partial charge is 0.467 e. The van der Waals surface area contributed by atoms with Gasteiger partial charge in [-0.25, -0.2) is 4.99 Å². The molecule has 1 unspecified atom stereocenters. The molecule has 0 aliphatic heterocycles. The van der Waals surface area contributed by atoms with Crippen molar-refractivity contribution in [2.75, 3.05) is 6.54 Å². The molecule has 21 heavy (non-hydrogen) atoms. The van der Waals surface area contributed by atoms with Crippen LogP contribution < -0.4 is 0 Å². The van der Waals surface area contributed by atoms with Gasteiger partial charge in [-0.2, -0.15) is 13.2 Å². The van der Waals surface area contributed by atoms with Gasteiger partial charge in [0, 0.05) is 6.54 Å². The monoisotopic (exact) mass is 299 g/mol. The molecule has 0 radical (unpaired) electrons. The van der Waals surface area contributed by atoms with E-state index in [1.165, 1.54) is 0 Å². The van der Waals surface area contributed by atoms with Crippen LogP contribution >= 0.6 is 0 Å². The third-order valence-corrected chi connectivity index (χ3v) is 2.68. The van der Waals surface area contributed by atoms with Gasteiger partial charge in [-0.05, 0) is 31.4 Å². The van der Waals surface area contributed by atoms with Crippen molar-refractivity contribution in [1.29, 1.82) is 0 Å². The van der Waals surface area contributed by atoms with Gasteiger partial charge >= 0.3 is 6.18 Å². The minimum atomic E-state index is -4.56. The van der Waals surface area contributed by atoms with E-state index in [4.69, 9.17) is 4.74 Å². The van der Waals surface area contributed by atoms with Crippen LogP contribution in [0.15, 0.2) is 47.5 Å². The highest BCUT2D eigenvalue weighted by atomic mass is 19.4. The van der Waals surface area contributed by atoms with Crippen LogP contribution in [0.4, 0.5) is 13.2 Å². The van der Waals surface area contributed by atoms with E-state index in [1.807, 2.05) is 37.3 Å². The lowest BCUT2D eigenvalue weighted by Crippen LogP contribution is -2.29. The molecule has 0 heterocycles. The Bertz CT molecular complexity index is 466. The van der Waals surface area contributed by atoms with Gasteiger partial charge in [0.15, 0.2) is 0 Å². The molecule has 1 atom stereocenters. The third-order valence-electron chi connectivity index (χ3n) is 2.68. The summed E-state index contributed by atoms with van der Waals surface area (Å²) in [4.78, 5) is 3.57. The second kappa shape index (κ2) is 8.49. The number of aliphatic imine (C=N–C) groups is 1. The zero-order chi connectivity index (χ0) is 15.7. The molecule has 1 aromatic rings. The molecule has 0 bridgehead atoms. The molecule has 0 fully saturated rings. The Morgan fingerprint density at radius 2 is 1.95 bits per heavy atom. The number of alkyl halides is 3. The average molecular weight is 299 g/mol. The van der Waals surface area contributed by atoms with Crippen molar-refractivity contribution in [3.05, 3.63) is 48.0 Å². The van der Waals surface area contributed by atoms with Crippen molar-refractivity contribution < 1.29 is 17.9 Å². The van der Waals surface area contributed by atoms with Crippen molar-refractivity contribution in [1.82, 2.24) is 0 Å². The normalized spacial score (nSPS) is 14.4. The lowest BCUT2D eigenvalue weighted by atomic mass is 10.2. The van der Waals surface area contributed by atoms with E-state index >= 15 is 0 Å². The van der Waals surface area contributed by atoms with Gasteiger partial charge < -0.3 is 4.74 Å². The Balaban J connectivity index is 2.65. The van der Waals surface area contributed by atoms with Crippen molar-refractivity contribution in [2.24, 2.45) is 4.99 Å². The van der Waals surface area contributed by atoms with Crippen LogP contribution in [-0.4, -0.2) is 24.7 Å². The zero-order valence-corrected chi connectivity index (χ0v) is 12.2. The number of nitrogens with zero attached hydrogens (tertiary/aromatic N) is 1. The minimum absolute atomic E-state index is 0.0447. The number of benzene rings is 1. The molecule has 1 aromatic carbocycles. The summed E-state index contributed by atoms with van der Waals surface area (Å²) in [6, 6.07) is 9.26. The fraction of sp³-hybridized carbons (Fsp3) is 0.438. The third kappa shape index (κ3) is 6.97. The first-order valence-corrected chi connectivity index (χ1v) is 6.92. The van der Waals surface area contributed by atoms with Crippen LogP contribution in [0.25, 0.3) is 0 Å². The first-order valence-electron chi connectivity index (χ1n) is 6.92. The zero-order valence-electron chi connectivity index (χ0n) is 12.2. The molecular formula is C16H20F3NO. The summed E-state index contributed by atoms with van der Waals surface area (Å²) in [5.41, 5.74) is 0.946. The Kier molecular flexibility index (Phi) is 6.99. The summed E-state index contributed by atoms with van der Waals surface area (Å²) < 4.78 is 43.4. The van der Waals surface area contributed by atoms with Crippen LogP contribution in [0.5, 0.6) is 0 Å². The predicted octanol–water partition coefficient (Wildman–Crippen LogP) is 4.56. The summed E-state index contributed by atoms with van der Waals surface area (Å²) in [6.45, 7) is 3.51. The molecule has 0 spiro atoms. The van der Waals surface area contributed by atoms with Crippen LogP contribution in [0.3, 0.4) is 0 Å². The van der Waals surface area contributed by atoms with Crippen LogP contribution in [0, 0.1) is 0 Å². The number of rotatable bonds is 6. The Morgan fingerprint density at radius 1 is 1.29 bits per heavy atom. The maximum atomic E-state index is 12.8. The van der Waals surface area contributed by atoms with Crippen molar-refractivity contribution >= 4 is 5.90 Å². The average Bonchev–Trinajstić information content (AvgIpc) is 2.44. The second-order valence-electron chi connectivity index (χ2n) is 4.58. The highest BCUT2D eigenvalue weighted by Gasteiger charge is 2.38. The molecule has 0 N–H and O–H groups in total. The van der Waals surface area contributed by atoms with Gasteiger partial charge in [0.25, 0.3) is 5.90 Å². The number of hydrogen-bond acceptors (Lipinski definition) is 2. The molecule has 116 valence electrons. The molecule has 0 aliphatic rings. The fourth-order valence-corrected chi connectivity index (χ4v) is 1.67. The van der Waals surface area contributed by atoms with E-state index < -0.39 is 18.2 Å². The van der Waals surface area contributed by atoms with Crippen molar-refractivity contribution in [3.8, 4) is 0 Å². The summed E-state index contributed by atoms with van der Waals surface area (Å²) in [5.74, 6) is -1.16. The second-order valence-corrected chi connectivity index (χ2v) is 4.58. The van der Waals surface area contributed by atoms with Gasteiger partial charge in [0.1, 0.15) is 6.10 Å². The Labute approximate surface area is 123 Å². The largest absolute Gasteiger partial charge is 0.468 e. The lowest BCUT2D eigenvalue weighted by molar-refractivity contribution is -0.0808. The molecular weight excluding hydrogens is 279 g/mol. The maximum absolute atomic E-state index is 12.8. The van der Waals surface area contributed by atoms with Gasteiger partial charge in [-0.1, -0.05) is 43.3 Å². The summed E-state index contributed by atoms with van der Waals surface area (Å²) in [6.07, 6.45) is -0.656. The van der Waals surface area contributed by atoms with E-state index in [-0.39, 0.29) is 6.54 Å². The first kappa shape index (κ1) is 17.3. The standard InChI is InChI=1S/C16H20F3NO/c1-3-4-8-13(2)21-15(16(17,18)19)20-12-11-14-9-6-5-7-10-14/h4-10,13H,3,11-12H2,1-2H3/b8-4+,20-15?. The van der Waals surface area contributed by atoms with Crippen molar-refractivity contribution in [2.45, 2.75) is 39.0 Å². The van der Waals surface area contributed by atoms with E-state index in [1.54, 1.807) is 19.1 Å². The Morgan fingerprint density at radius 3 is 2.52 bits per heavy atom. The molecule has 0 amide bonds. The maximum Gasteiger partial charge on any atom is 0.468 e. The van der Waals surface area contributed by atoms with Gasteiger partial charge in [0.2, 0.25) is 0 Å². The minimum Gasteiger partial charge on any atom is -0.467 e. The van der Waals surface area contributed by atoms with E-state index in [0.717, 1.165) is 12.0 Å². The van der Waals surface area contributed by atoms with Crippen LogP contribution in [-0.2, 0) is 11.2 Å². The molecule has 1 rings (SSSR count). The van der Waals surface area contributed by atoms with Crippen molar-refractivity contribution in [3.63, 3.8) is 0 Å². The summed E-state index contributed by atoms with van der Waals surface area (Å²) in [5, 5.41) is 0. The van der Waals surface area contributed by atoms with E-state index in [0.29, 0.717) is 6.42 Å². The van der Waals surface area contributed by atoms with E-state index in [9.17, 15) is 13.2 Å². The fourth-order valence-electron chi connectivity index (χ4n) is 1.67. The molecule has 0 aliphatic carbocycles. The number of allylic oxidation sites excluding steroid dienone is 1. The summed E-state index contributed by atoms with van der Waals surface area (Å²) in [7, 11) is 0. The highest BCUT2D eigenvalue weighted by Crippen LogP contribution is 2.20. The SMILES string of the molecule is CC/C=C/C(C)OC(=NCCc1ccccc1)C(F)(F)F. The molecule has 0 saturated carbocycles. The van der Waals surface area contributed by atoms with Crippen LogP contribution in [0.1, 0.15) is 25.8 Å². The molecule has 2 nitrogen and oxygen atoms in total.